The summed E-state index contributed by atoms with van der Waals surface area (Å²) < 4.78 is 0. The van der Waals surface area contributed by atoms with Gasteiger partial charge >= 0.3 is 26.2 Å². The van der Waals surface area contributed by atoms with Gasteiger partial charge in [-0.3, -0.25) is 0 Å². The molecule has 0 aliphatic heterocycles. The van der Waals surface area contributed by atoms with Crippen molar-refractivity contribution in [3.63, 3.8) is 0 Å². The van der Waals surface area contributed by atoms with Crippen molar-refractivity contribution in [2.24, 2.45) is 0 Å². The summed E-state index contributed by atoms with van der Waals surface area (Å²) in [5.41, 5.74) is 0.130. The van der Waals surface area contributed by atoms with E-state index in [9.17, 15) is 30.0 Å². The molecule has 0 aromatic carbocycles. The Labute approximate surface area is 146 Å². The van der Waals surface area contributed by atoms with Crippen molar-refractivity contribution in [1.82, 2.24) is 0 Å². The van der Waals surface area contributed by atoms with Crippen LogP contribution in [0.15, 0.2) is 24.3 Å². The van der Waals surface area contributed by atoms with Crippen molar-refractivity contribution in [2.45, 2.75) is 53.8 Å². The summed E-state index contributed by atoms with van der Waals surface area (Å²) in [6.07, 6.45) is -0.833. The molecule has 0 rings (SSSR count). The number of carboxylic acids is 2. The molecule has 0 saturated heterocycles. The third kappa shape index (κ3) is 109. The number of rotatable bonds is 2. The number of aliphatic carboxylic acids is 2. The Morgan fingerprint density at radius 2 is 0.810 bits per heavy atom. The molecular formula is C14H24O6Zr. The van der Waals surface area contributed by atoms with Gasteiger partial charge in [0.2, 0.25) is 0 Å². The summed E-state index contributed by atoms with van der Waals surface area (Å²) in [5.74, 6) is -2.37. The monoisotopic (exact) mass is 378 g/mol. The van der Waals surface area contributed by atoms with E-state index in [1.165, 1.54) is 13.8 Å². The second-order valence-corrected chi connectivity index (χ2v) is 4.23. The van der Waals surface area contributed by atoms with Crippen molar-refractivity contribution in [3.8, 4) is 0 Å². The van der Waals surface area contributed by atoms with E-state index in [2.05, 4.69) is 13.2 Å². The topological polar surface area (TPSA) is 126 Å². The molecule has 0 aliphatic carbocycles. The second kappa shape index (κ2) is 21.5. The molecule has 0 heterocycles. The zero-order valence-corrected chi connectivity index (χ0v) is 16.0. The SMILES string of the molecule is C=C(C)C(=O)[O-].C=C(C)C(=O)[O-].CC(C)[O-].CC(C)[O-].[Zr+4]. The van der Waals surface area contributed by atoms with E-state index >= 15 is 0 Å². The predicted molar refractivity (Wildman–Crippen MR) is 69.9 cm³/mol. The first-order valence-corrected chi connectivity index (χ1v) is 5.80. The average Bonchev–Trinajstić information content (AvgIpc) is 2.15. The van der Waals surface area contributed by atoms with E-state index in [1.807, 2.05) is 0 Å². The fourth-order valence-electron chi connectivity index (χ4n) is 0. The maximum atomic E-state index is 9.53. The van der Waals surface area contributed by atoms with Crippen LogP contribution in [0, 0.1) is 0 Å². The molecule has 0 N–H and O–H groups in total. The van der Waals surface area contributed by atoms with Crippen molar-refractivity contribution >= 4 is 11.9 Å². The fourth-order valence-corrected chi connectivity index (χ4v) is 0. The first kappa shape index (κ1) is 32.2. The number of carbonyl (C=O) groups excluding carboxylic acids is 2. The third-order valence-electron chi connectivity index (χ3n) is 0.697. The van der Waals surface area contributed by atoms with Gasteiger partial charge in [0.25, 0.3) is 0 Å². The van der Waals surface area contributed by atoms with E-state index in [1.54, 1.807) is 27.7 Å². The molecule has 0 atom stereocenters. The summed E-state index contributed by atoms with van der Waals surface area (Å²) in [6.45, 7) is 15.4. The summed E-state index contributed by atoms with van der Waals surface area (Å²) in [6, 6.07) is 0. The Kier molecular flexibility index (Phi) is 33.0. The van der Waals surface area contributed by atoms with Crippen molar-refractivity contribution < 1.29 is 56.2 Å². The molecule has 6 nitrogen and oxygen atoms in total. The minimum absolute atomic E-state index is 0. The van der Waals surface area contributed by atoms with Crippen molar-refractivity contribution in [3.05, 3.63) is 24.3 Å². The van der Waals surface area contributed by atoms with Gasteiger partial charge in [0.1, 0.15) is 0 Å². The quantitative estimate of drug-likeness (QED) is 0.517. The minimum Gasteiger partial charge on any atom is -0.852 e. The number of hydrogen-bond acceptors (Lipinski definition) is 6. The molecule has 0 spiro atoms. The van der Waals surface area contributed by atoms with E-state index < -0.39 is 24.1 Å². The summed E-state index contributed by atoms with van der Waals surface area (Å²) in [7, 11) is 0. The average molecular weight is 380 g/mol. The standard InChI is InChI=1S/2C4H6O2.2C3H7O.Zr/c2*1-3(2)4(5)6;2*1-3(2)4;/h2*1H2,2H3,(H,5,6);2*3H,1-2H3;/q;;2*-1;+4/p-2. The van der Waals surface area contributed by atoms with Gasteiger partial charge in [0.05, 0.1) is 11.9 Å². The van der Waals surface area contributed by atoms with Gasteiger partial charge in [-0.15, -0.1) is 12.2 Å². The van der Waals surface area contributed by atoms with Crippen LogP contribution in [0.2, 0.25) is 0 Å². The van der Waals surface area contributed by atoms with Crippen LogP contribution in [0.25, 0.3) is 0 Å². The zero-order valence-electron chi connectivity index (χ0n) is 13.5. The van der Waals surface area contributed by atoms with Gasteiger partial charge < -0.3 is 30.0 Å². The van der Waals surface area contributed by atoms with Gasteiger partial charge in [-0.25, -0.2) is 0 Å². The second-order valence-electron chi connectivity index (χ2n) is 4.23. The predicted octanol–water partition coefficient (Wildman–Crippen LogP) is -1.87. The maximum Gasteiger partial charge on any atom is 4.00 e. The van der Waals surface area contributed by atoms with Gasteiger partial charge in [-0.2, -0.15) is 0 Å². The summed E-state index contributed by atoms with van der Waals surface area (Å²) >= 11 is 0. The Bertz CT molecular complexity index is 238. The van der Waals surface area contributed by atoms with E-state index in [0.29, 0.717) is 0 Å². The fraction of sp³-hybridized carbons (Fsp3) is 0.571. The molecule has 0 bridgehead atoms. The van der Waals surface area contributed by atoms with Gasteiger partial charge in [-0.05, 0) is 25.0 Å². The molecule has 0 aromatic rings. The minimum atomic E-state index is -1.19. The molecule has 7 heteroatoms. The molecule has 120 valence electrons. The largest absolute Gasteiger partial charge is 4.00 e. The third-order valence-corrected chi connectivity index (χ3v) is 0.697. The van der Waals surface area contributed by atoms with Crippen molar-refractivity contribution in [1.29, 1.82) is 0 Å². The van der Waals surface area contributed by atoms with Crippen LogP contribution >= 0.6 is 0 Å². The van der Waals surface area contributed by atoms with Crippen LogP contribution in [-0.4, -0.2) is 24.1 Å². The van der Waals surface area contributed by atoms with Crippen LogP contribution in [0.3, 0.4) is 0 Å². The Morgan fingerprint density at radius 3 is 0.810 bits per heavy atom. The molecule has 0 aliphatic rings. The summed E-state index contributed by atoms with van der Waals surface area (Å²) in [4.78, 5) is 19.0. The molecule has 0 aromatic heterocycles. The Hall–Kier alpha value is -0.777. The first-order valence-electron chi connectivity index (χ1n) is 5.80. The van der Waals surface area contributed by atoms with Crippen LogP contribution in [0.1, 0.15) is 41.5 Å². The number of carboxylic acid groups (broad SMARTS) is 2. The molecule has 0 amide bonds. The Morgan fingerprint density at radius 1 is 0.762 bits per heavy atom. The molecule has 0 unspecified atom stereocenters. The molecule has 0 fully saturated rings. The van der Waals surface area contributed by atoms with Crippen molar-refractivity contribution in [2.75, 3.05) is 0 Å². The van der Waals surface area contributed by atoms with Gasteiger partial charge in [0, 0.05) is 0 Å². The van der Waals surface area contributed by atoms with Gasteiger partial charge in [-0.1, -0.05) is 40.9 Å². The summed E-state index contributed by atoms with van der Waals surface area (Å²) in [5, 5.41) is 38.0. The van der Waals surface area contributed by atoms with E-state index in [-0.39, 0.29) is 37.3 Å². The first-order chi connectivity index (χ1) is 8.75. The molecule has 0 saturated carbocycles. The normalized spacial score (nSPS) is 7.71. The molecule has 0 radical (unpaired) electrons. The molecule has 21 heavy (non-hydrogen) atoms. The van der Waals surface area contributed by atoms with Crippen LogP contribution in [0.4, 0.5) is 0 Å². The Balaban J connectivity index is -0.0000000544. The molecular weight excluding hydrogens is 355 g/mol. The van der Waals surface area contributed by atoms with E-state index in [0.717, 1.165) is 0 Å². The van der Waals surface area contributed by atoms with Gasteiger partial charge in [0.15, 0.2) is 0 Å². The number of carbonyl (C=O) groups is 2. The smallest absolute Gasteiger partial charge is 0.852 e. The maximum absolute atomic E-state index is 9.53. The van der Waals surface area contributed by atoms with E-state index in [4.69, 9.17) is 0 Å². The van der Waals surface area contributed by atoms with Crippen LogP contribution in [0.5, 0.6) is 0 Å². The van der Waals surface area contributed by atoms with Crippen LogP contribution in [-0.2, 0) is 35.8 Å². The zero-order chi connectivity index (χ0) is 17.5. The number of hydrogen-bond donors (Lipinski definition) is 0. The van der Waals surface area contributed by atoms with Crippen LogP contribution < -0.4 is 20.4 Å².